The molecule has 0 aliphatic carbocycles. The van der Waals surface area contributed by atoms with Gasteiger partial charge in [0.2, 0.25) is 0 Å². The van der Waals surface area contributed by atoms with Crippen molar-refractivity contribution >= 4 is 23.1 Å². The molecule has 1 aliphatic heterocycles. The van der Waals surface area contributed by atoms with Crippen LogP contribution in [0.5, 0.6) is 11.5 Å². The zero-order valence-corrected chi connectivity index (χ0v) is 21.4. The van der Waals surface area contributed by atoms with E-state index in [0.29, 0.717) is 22.6 Å². The molecule has 36 heavy (non-hydrogen) atoms. The predicted molar refractivity (Wildman–Crippen MR) is 140 cm³/mol. The topological polar surface area (TPSA) is 87.1 Å². The fraction of sp³-hybridized carbons (Fsp3) is 0.267. The number of aliphatic hydroxyl groups is 1. The van der Waals surface area contributed by atoms with Crippen molar-refractivity contribution in [3.05, 3.63) is 94.1 Å². The van der Waals surface area contributed by atoms with E-state index in [9.17, 15) is 19.8 Å². The molecule has 4 rings (SSSR count). The maximum Gasteiger partial charge on any atom is 0.300 e. The van der Waals surface area contributed by atoms with Gasteiger partial charge in [0.05, 0.1) is 24.3 Å². The monoisotopic (exact) mass is 485 g/mol. The first-order valence-corrected chi connectivity index (χ1v) is 11.8. The Labute approximate surface area is 211 Å². The lowest BCUT2D eigenvalue weighted by molar-refractivity contribution is -0.132. The van der Waals surface area contributed by atoms with Crippen LogP contribution in [0, 0.1) is 13.8 Å². The second-order valence-corrected chi connectivity index (χ2v) is 10.2. The van der Waals surface area contributed by atoms with Gasteiger partial charge >= 0.3 is 0 Å². The summed E-state index contributed by atoms with van der Waals surface area (Å²) < 4.78 is 5.52. The Morgan fingerprint density at radius 2 is 1.61 bits per heavy atom. The number of anilines is 1. The number of carbonyl (C=O) groups is 2. The van der Waals surface area contributed by atoms with Crippen LogP contribution in [0.25, 0.3) is 5.76 Å². The molecule has 0 radical (unpaired) electrons. The Balaban J connectivity index is 2.02. The zero-order valence-electron chi connectivity index (χ0n) is 21.4. The minimum absolute atomic E-state index is 0.0315. The Bertz CT molecular complexity index is 1380. The number of hydrogen-bond acceptors (Lipinski definition) is 5. The minimum atomic E-state index is -0.894. The summed E-state index contributed by atoms with van der Waals surface area (Å²) in [6.07, 6.45) is 0. The lowest BCUT2D eigenvalue weighted by Crippen LogP contribution is -2.30. The Hall–Kier alpha value is -4.06. The number of methoxy groups -OCH3 is 1. The van der Waals surface area contributed by atoms with E-state index in [2.05, 4.69) is 20.8 Å². The number of aliphatic hydroxyl groups excluding tert-OH is 1. The molecular weight excluding hydrogens is 454 g/mol. The van der Waals surface area contributed by atoms with Crippen LogP contribution >= 0.6 is 0 Å². The molecule has 1 fully saturated rings. The number of benzene rings is 3. The molecule has 1 heterocycles. The molecule has 0 spiro atoms. The summed E-state index contributed by atoms with van der Waals surface area (Å²) in [5.74, 6) is -1.36. The highest BCUT2D eigenvalue weighted by molar-refractivity contribution is 6.51. The van der Waals surface area contributed by atoms with Gasteiger partial charge in [-0.1, -0.05) is 51.1 Å². The van der Waals surface area contributed by atoms with Gasteiger partial charge in [0.25, 0.3) is 11.7 Å². The van der Waals surface area contributed by atoms with Crippen molar-refractivity contribution < 1.29 is 24.5 Å². The van der Waals surface area contributed by atoms with Gasteiger partial charge in [-0.15, -0.1) is 0 Å². The second-order valence-electron chi connectivity index (χ2n) is 10.2. The van der Waals surface area contributed by atoms with Crippen molar-refractivity contribution in [2.45, 2.75) is 46.1 Å². The van der Waals surface area contributed by atoms with Crippen LogP contribution < -0.4 is 9.64 Å². The first-order valence-electron chi connectivity index (χ1n) is 11.8. The molecule has 1 unspecified atom stereocenters. The molecule has 0 aromatic heterocycles. The molecule has 3 aromatic rings. The third kappa shape index (κ3) is 4.35. The largest absolute Gasteiger partial charge is 0.508 e. The van der Waals surface area contributed by atoms with Crippen LogP contribution in [-0.2, 0) is 15.0 Å². The SMILES string of the molecule is COc1ccc(C(C)(C)C)cc1/C(O)=C1\C(=O)C(=O)N(c2cc(C)ccc2C)C1c1ccc(O)cc1. The first kappa shape index (κ1) is 25.0. The standard InChI is InChI=1S/C30H31NO5/c1-17-7-8-18(2)23(15-17)31-26(19-9-12-21(32)13-10-19)25(28(34)29(31)35)27(33)22-16-20(30(3,4)5)11-14-24(22)36-6/h7-16,26,32-33H,1-6H3/b27-25+. The third-order valence-corrected chi connectivity index (χ3v) is 6.60. The molecule has 1 aliphatic rings. The van der Waals surface area contributed by atoms with E-state index in [4.69, 9.17) is 4.74 Å². The lowest BCUT2D eigenvalue weighted by Gasteiger charge is -2.27. The molecular formula is C30H31NO5. The zero-order chi connectivity index (χ0) is 26.4. The van der Waals surface area contributed by atoms with Crippen LogP contribution in [0.1, 0.15) is 54.6 Å². The highest BCUT2D eigenvalue weighted by Crippen LogP contribution is 2.45. The number of rotatable bonds is 4. The number of ketones is 1. The van der Waals surface area contributed by atoms with Gasteiger partial charge in [-0.05, 0) is 71.8 Å². The lowest BCUT2D eigenvalue weighted by atomic mass is 9.85. The number of hydrogen-bond donors (Lipinski definition) is 2. The summed E-state index contributed by atoms with van der Waals surface area (Å²) in [6, 6.07) is 16.6. The number of aromatic hydroxyl groups is 1. The van der Waals surface area contributed by atoms with Crippen LogP contribution in [-0.4, -0.2) is 29.0 Å². The van der Waals surface area contributed by atoms with Crippen molar-refractivity contribution in [2.75, 3.05) is 12.0 Å². The summed E-state index contributed by atoms with van der Waals surface area (Å²) >= 11 is 0. The molecule has 0 saturated carbocycles. The van der Waals surface area contributed by atoms with Crippen molar-refractivity contribution in [1.29, 1.82) is 0 Å². The normalized spacial score (nSPS) is 17.5. The highest BCUT2D eigenvalue weighted by Gasteiger charge is 2.47. The third-order valence-electron chi connectivity index (χ3n) is 6.60. The summed E-state index contributed by atoms with van der Waals surface area (Å²) in [4.78, 5) is 28.5. The number of amides is 1. The van der Waals surface area contributed by atoms with Crippen LogP contribution in [0.3, 0.4) is 0 Å². The summed E-state index contributed by atoms with van der Waals surface area (Å²) in [7, 11) is 1.50. The number of phenolic OH excluding ortho intramolecular Hbond substituents is 1. The molecule has 1 saturated heterocycles. The van der Waals surface area contributed by atoms with Crippen molar-refractivity contribution in [1.82, 2.24) is 0 Å². The number of phenols is 1. The van der Waals surface area contributed by atoms with Crippen LogP contribution in [0.2, 0.25) is 0 Å². The molecule has 1 atom stereocenters. The average Bonchev–Trinajstić information content (AvgIpc) is 3.10. The molecule has 2 N–H and O–H groups in total. The molecule has 3 aromatic carbocycles. The van der Waals surface area contributed by atoms with E-state index in [-0.39, 0.29) is 22.5 Å². The van der Waals surface area contributed by atoms with Gasteiger partial charge in [0.1, 0.15) is 17.3 Å². The summed E-state index contributed by atoms with van der Waals surface area (Å²) in [6.45, 7) is 9.94. The van der Waals surface area contributed by atoms with E-state index < -0.39 is 17.7 Å². The minimum Gasteiger partial charge on any atom is -0.508 e. The van der Waals surface area contributed by atoms with Crippen LogP contribution in [0.15, 0.2) is 66.2 Å². The fourth-order valence-corrected chi connectivity index (χ4v) is 4.54. The van der Waals surface area contributed by atoms with E-state index in [1.807, 2.05) is 38.1 Å². The average molecular weight is 486 g/mol. The maximum atomic E-state index is 13.5. The Kier molecular flexibility index (Phi) is 6.39. The maximum absolute atomic E-state index is 13.5. The molecule has 1 amide bonds. The van der Waals surface area contributed by atoms with E-state index in [1.165, 1.54) is 24.1 Å². The van der Waals surface area contributed by atoms with Gasteiger partial charge in [-0.3, -0.25) is 14.5 Å². The molecule has 6 nitrogen and oxygen atoms in total. The molecule has 0 bridgehead atoms. The van der Waals surface area contributed by atoms with Gasteiger partial charge in [-0.2, -0.15) is 0 Å². The van der Waals surface area contributed by atoms with Gasteiger partial charge in [0.15, 0.2) is 0 Å². The molecule has 186 valence electrons. The highest BCUT2D eigenvalue weighted by atomic mass is 16.5. The number of Topliss-reactive ketones (excluding diaryl/α,β-unsaturated/α-hetero) is 1. The number of carbonyl (C=O) groups excluding carboxylic acids is 2. The first-order chi connectivity index (χ1) is 16.9. The van der Waals surface area contributed by atoms with Crippen molar-refractivity contribution in [3.63, 3.8) is 0 Å². The van der Waals surface area contributed by atoms with E-state index >= 15 is 0 Å². The quantitative estimate of drug-likeness (QED) is 0.271. The van der Waals surface area contributed by atoms with E-state index in [1.54, 1.807) is 24.3 Å². The van der Waals surface area contributed by atoms with Gasteiger partial charge in [-0.25, -0.2) is 0 Å². The Morgan fingerprint density at radius 1 is 0.944 bits per heavy atom. The van der Waals surface area contributed by atoms with Gasteiger partial charge in [0, 0.05) is 5.69 Å². The fourth-order valence-electron chi connectivity index (χ4n) is 4.54. The van der Waals surface area contributed by atoms with Gasteiger partial charge < -0.3 is 14.9 Å². The molecule has 6 heteroatoms. The summed E-state index contributed by atoms with van der Waals surface area (Å²) in [5.41, 5.74) is 3.95. The predicted octanol–water partition coefficient (Wildman–Crippen LogP) is 5.94. The number of ether oxygens (including phenoxy) is 1. The van der Waals surface area contributed by atoms with Crippen molar-refractivity contribution in [2.24, 2.45) is 0 Å². The van der Waals surface area contributed by atoms with Crippen molar-refractivity contribution in [3.8, 4) is 11.5 Å². The summed E-state index contributed by atoms with van der Waals surface area (Å²) in [5, 5.41) is 21.5. The van der Waals surface area contributed by atoms with E-state index in [0.717, 1.165) is 16.7 Å². The number of nitrogens with zero attached hydrogens (tertiary/aromatic N) is 1. The smallest absolute Gasteiger partial charge is 0.300 e. The Morgan fingerprint density at radius 3 is 2.22 bits per heavy atom. The van der Waals surface area contributed by atoms with Crippen LogP contribution in [0.4, 0.5) is 5.69 Å². The second kappa shape index (κ2) is 9.19. The number of aryl methyl sites for hydroxylation is 2.